The number of fused-ring (bicyclic) bond motifs is 2. The molecule has 3 heterocycles. The van der Waals surface area contributed by atoms with Crippen molar-refractivity contribution in [3.8, 4) is 5.95 Å². The highest BCUT2D eigenvalue weighted by molar-refractivity contribution is 5.79. The highest BCUT2D eigenvalue weighted by Gasteiger charge is 2.20. The first-order chi connectivity index (χ1) is 13.4. The van der Waals surface area contributed by atoms with Gasteiger partial charge in [0, 0.05) is 23.9 Å². The topological polar surface area (TPSA) is 64.9 Å². The second-order valence-electron chi connectivity index (χ2n) is 6.55. The van der Waals surface area contributed by atoms with Gasteiger partial charge in [-0.25, -0.2) is 4.98 Å². The Bertz CT molecular complexity index is 1090. The lowest BCUT2D eigenvalue weighted by Gasteiger charge is -2.20. The summed E-state index contributed by atoms with van der Waals surface area (Å²) in [5.41, 5.74) is 4.27. The summed E-state index contributed by atoms with van der Waals surface area (Å²) in [6.45, 7) is 1.91. The van der Waals surface area contributed by atoms with Crippen molar-refractivity contribution in [2.75, 3.05) is 11.9 Å². The summed E-state index contributed by atoms with van der Waals surface area (Å²) in [5, 5.41) is 9.04. The predicted octanol–water partition coefficient (Wildman–Crippen LogP) is 3.50. The molecule has 0 unspecified atom stereocenters. The van der Waals surface area contributed by atoms with Crippen molar-refractivity contribution in [1.82, 2.24) is 19.7 Å². The first-order valence-corrected chi connectivity index (χ1v) is 9.07. The minimum Gasteiger partial charge on any atom is -0.376 e. The number of para-hydroxylation sites is 1. The summed E-state index contributed by atoms with van der Waals surface area (Å²) >= 11 is 0. The first kappa shape index (κ1) is 16.0. The van der Waals surface area contributed by atoms with Crippen LogP contribution in [0.2, 0.25) is 0 Å². The van der Waals surface area contributed by atoms with Gasteiger partial charge in [-0.15, -0.1) is 0 Å². The summed E-state index contributed by atoms with van der Waals surface area (Å²) in [6.07, 6.45) is 2.63. The van der Waals surface area contributed by atoms with Gasteiger partial charge in [0.05, 0.1) is 30.6 Å². The lowest BCUT2D eigenvalue weighted by molar-refractivity contribution is 0.109. The fourth-order valence-electron chi connectivity index (χ4n) is 3.37. The molecule has 6 nitrogen and oxygen atoms in total. The average molecular weight is 357 g/mol. The van der Waals surface area contributed by atoms with Crippen molar-refractivity contribution >= 4 is 16.7 Å². The molecule has 2 aromatic heterocycles. The monoisotopic (exact) mass is 357 g/mol. The van der Waals surface area contributed by atoms with E-state index in [9.17, 15) is 0 Å². The van der Waals surface area contributed by atoms with E-state index in [1.165, 1.54) is 5.56 Å². The SMILES string of the molecule is c1ccc(CNc2nc(-n3ncc4ccccc43)nc3c2COCC3)cc1. The maximum absolute atomic E-state index is 5.65. The molecule has 1 N–H and O–H groups in total. The van der Waals surface area contributed by atoms with Crippen molar-refractivity contribution in [3.05, 3.63) is 77.6 Å². The highest BCUT2D eigenvalue weighted by Crippen LogP contribution is 2.25. The van der Waals surface area contributed by atoms with Crippen LogP contribution in [0.1, 0.15) is 16.8 Å². The first-order valence-electron chi connectivity index (χ1n) is 9.07. The Morgan fingerprint density at radius 2 is 1.85 bits per heavy atom. The minimum atomic E-state index is 0.534. The molecular formula is C21H19N5O. The van der Waals surface area contributed by atoms with Crippen LogP contribution in [0.15, 0.2) is 60.8 Å². The molecule has 0 amide bonds. The average Bonchev–Trinajstić information content (AvgIpc) is 3.17. The summed E-state index contributed by atoms with van der Waals surface area (Å²) in [7, 11) is 0. The zero-order valence-corrected chi connectivity index (χ0v) is 14.8. The molecule has 0 aliphatic carbocycles. The van der Waals surface area contributed by atoms with Crippen LogP contribution in [-0.4, -0.2) is 26.4 Å². The quantitative estimate of drug-likeness (QED) is 0.606. The molecule has 1 aliphatic rings. The smallest absolute Gasteiger partial charge is 0.253 e. The van der Waals surface area contributed by atoms with Crippen molar-refractivity contribution in [1.29, 1.82) is 0 Å². The van der Waals surface area contributed by atoms with Crippen molar-refractivity contribution in [3.63, 3.8) is 0 Å². The van der Waals surface area contributed by atoms with Crippen molar-refractivity contribution in [2.24, 2.45) is 0 Å². The Hall–Kier alpha value is -3.25. The maximum atomic E-state index is 5.65. The number of anilines is 1. The van der Waals surface area contributed by atoms with Crippen LogP contribution < -0.4 is 5.32 Å². The largest absolute Gasteiger partial charge is 0.376 e. The zero-order valence-electron chi connectivity index (χ0n) is 14.8. The molecule has 6 heteroatoms. The second kappa shape index (κ2) is 6.81. The standard InChI is InChI=1S/C21H19N5O/c1-2-6-15(7-3-1)12-22-20-17-14-27-11-10-18(17)24-21(25-20)26-19-9-5-4-8-16(19)13-23-26/h1-9,13H,10-12,14H2,(H,22,24,25). The Labute approximate surface area is 156 Å². The number of aromatic nitrogens is 4. The van der Waals surface area contributed by atoms with E-state index >= 15 is 0 Å². The van der Waals surface area contributed by atoms with Crippen molar-refractivity contribution < 1.29 is 4.74 Å². The van der Waals surface area contributed by atoms with E-state index in [2.05, 4.69) is 22.5 Å². The zero-order chi connectivity index (χ0) is 18.1. The molecule has 0 saturated carbocycles. The van der Waals surface area contributed by atoms with Gasteiger partial charge in [0.1, 0.15) is 5.82 Å². The number of nitrogens with zero attached hydrogens (tertiary/aromatic N) is 4. The van der Waals surface area contributed by atoms with Crippen LogP contribution in [0.4, 0.5) is 5.82 Å². The third kappa shape index (κ3) is 3.04. The maximum Gasteiger partial charge on any atom is 0.253 e. The molecule has 5 rings (SSSR count). The van der Waals surface area contributed by atoms with Crippen LogP contribution >= 0.6 is 0 Å². The molecule has 0 atom stereocenters. The highest BCUT2D eigenvalue weighted by atomic mass is 16.5. The van der Waals surface area contributed by atoms with Crippen LogP contribution in [0.25, 0.3) is 16.9 Å². The normalized spacial score (nSPS) is 13.5. The minimum absolute atomic E-state index is 0.534. The third-order valence-corrected chi connectivity index (χ3v) is 4.78. The van der Waals surface area contributed by atoms with E-state index in [0.29, 0.717) is 25.7 Å². The van der Waals surface area contributed by atoms with Gasteiger partial charge in [-0.3, -0.25) is 0 Å². The third-order valence-electron chi connectivity index (χ3n) is 4.78. The lowest BCUT2D eigenvalue weighted by Crippen LogP contribution is -2.19. The summed E-state index contributed by atoms with van der Waals surface area (Å²) in [4.78, 5) is 9.58. The summed E-state index contributed by atoms with van der Waals surface area (Å²) < 4.78 is 7.45. The summed E-state index contributed by atoms with van der Waals surface area (Å²) in [6, 6.07) is 18.4. The fraction of sp³-hybridized carbons (Fsp3) is 0.190. The number of ether oxygens (including phenoxy) is 1. The fourth-order valence-corrected chi connectivity index (χ4v) is 3.37. The molecule has 0 saturated heterocycles. The van der Waals surface area contributed by atoms with E-state index in [1.54, 1.807) is 4.68 Å². The van der Waals surface area contributed by atoms with E-state index in [4.69, 9.17) is 14.7 Å². The predicted molar refractivity (Wildman–Crippen MR) is 104 cm³/mol. The summed E-state index contributed by atoms with van der Waals surface area (Å²) in [5.74, 6) is 1.41. The molecule has 0 spiro atoms. The van der Waals surface area contributed by atoms with E-state index < -0.39 is 0 Å². The van der Waals surface area contributed by atoms with Gasteiger partial charge >= 0.3 is 0 Å². The van der Waals surface area contributed by atoms with Gasteiger partial charge in [-0.05, 0) is 11.6 Å². The number of hydrogen-bond donors (Lipinski definition) is 1. The molecule has 1 aliphatic heterocycles. The molecule has 134 valence electrons. The van der Waals surface area contributed by atoms with E-state index in [0.717, 1.165) is 34.4 Å². The Morgan fingerprint density at radius 3 is 2.78 bits per heavy atom. The van der Waals surface area contributed by atoms with Crippen LogP contribution in [0, 0.1) is 0 Å². The van der Waals surface area contributed by atoms with Gasteiger partial charge in [0.25, 0.3) is 5.95 Å². The van der Waals surface area contributed by atoms with Crippen LogP contribution in [-0.2, 0) is 24.3 Å². The van der Waals surface area contributed by atoms with E-state index in [-0.39, 0.29) is 0 Å². The van der Waals surface area contributed by atoms with Gasteiger partial charge < -0.3 is 10.1 Å². The van der Waals surface area contributed by atoms with Gasteiger partial charge in [-0.1, -0.05) is 48.5 Å². The van der Waals surface area contributed by atoms with Crippen LogP contribution in [0.5, 0.6) is 0 Å². The van der Waals surface area contributed by atoms with Gasteiger partial charge in [-0.2, -0.15) is 14.8 Å². The number of nitrogens with one attached hydrogen (secondary N) is 1. The molecule has 4 aromatic rings. The Morgan fingerprint density at radius 1 is 1.00 bits per heavy atom. The lowest BCUT2D eigenvalue weighted by atomic mass is 10.1. The molecular weight excluding hydrogens is 338 g/mol. The Balaban J connectivity index is 1.56. The van der Waals surface area contributed by atoms with Gasteiger partial charge in [0.2, 0.25) is 0 Å². The number of hydrogen-bond acceptors (Lipinski definition) is 5. The molecule has 27 heavy (non-hydrogen) atoms. The molecule has 0 radical (unpaired) electrons. The molecule has 2 aromatic carbocycles. The number of benzene rings is 2. The Kier molecular flexibility index (Phi) is 4.03. The second-order valence-corrected chi connectivity index (χ2v) is 6.55. The number of rotatable bonds is 4. The molecule has 0 bridgehead atoms. The van der Waals surface area contributed by atoms with Gasteiger partial charge in [0.15, 0.2) is 0 Å². The van der Waals surface area contributed by atoms with E-state index in [1.807, 2.05) is 48.7 Å². The molecule has 0 fully saturated rings. The van der Waals surface area contributed by atoms with Crippen molar-refractivity contribution in [2.45, 2.75) is 19.6 Å². The van der Waals surface area contributed by atoms with Crippen LogP contribution in [0.3, 0.4) is 0 Å².